The summed E-state index contributed by atoms with van der Waals surface area (Å²) in [6.07, 6.45) is 6.90. The third-order valence-electron chi connectivity index (χ3n) is 28.9. The third-order valence-corrected chi connectivity index (χ3v) is 28.9. The second-order valence-electron chi connectivity index (χ2n) is 37.4. The lowest BCUT2D eigenvalue weighted by molar-refractivity contribution is 0.669. The standard InChI is InChI=1S/C45H26N4O.C45H28N4.C42H25N5/c1-2-9-28-22-31(16-15-27(28)8-1)32-17-19-39-35(24-32)36-23-29-10-3-4-11-30(29)26-40(36)49(39)45-43(47-38-13-7-21-46-44(38)48-45)33-18-20-42-37(25-33)34-12-5-6-14-41(34)50-42;1-2-10-29(11-3-1)35-23-24-41-38(27-35)39-26-33-13-4-5-14-34(33)28-42(39)49(41)45-43(47-40-18-9-25-46-44(40)48-45)32-21-19-31(20-22-32)37-17-8-15-30-12-6-7-16-36(30)37;1-3-10-28-22-32(18-16-26(28)8-1)34-14-7-15-36-38(34)35-24-30-12-5-6-13-31(30)25-37(35)47(36)42-39(45-40-41(46-42)44-21-20-43-40)33-19-17-27-9-2-4-11-29(27)23-33/h1-26H;1-28H;1-25H. The highest BCUT2D eigenvalue weighted by atomic mass is 16.3. The summed E-state index contributed by atoms with van der Waals surface area (Å²) in [6, 6.07) is 161. The molecule has 0 bridgehead atoms. The van der Waals surface area contributed by atoms with E-state index in [0.29, 0.717) is 22.6 Å². The normalized spacial score (nSPS) is 11.8. The number of hydrogen-bond donors (Lipinski definition) is 0. The van der Waals surface area contributed by atoms with E-state index in [2.05, 4.69) is 440 Å². The number of pyridine rings is 2. The molecule has 10 aromatic heterocycles. The van der Waals surface area contributed by atoms with Gasteiger partial charge in [-0.15, -0.1) is 0 Å². The van der Waals surface area contributed by atoms with Gasteiger partial charge < -0.3 is 4.42 Å². The van der Waals surface area contributed by atoms with Crippen molar-refractivity contribution in [3.05, 3.63) is 480 Å². The van der Waals surface area contributed by atoms with Gasteiger partial charge >= 0.3 is 0 Å². The van der Waals surface area contributed by atoms with E-state index in [0.717, 1.165) is 150 Å². The Morgan fingerprint density at radius 1 is 0.164 bits per heavy atom. The van der Waals surface area contributed by atoms with E-state index in [4.69, 9.17) is 34.3 Å². The molecular weight excluding hydrogens is 1780 g/mol. The summed E-state index contributed by atoms with van der Waals surface area (Å²) in [5.41, 5.74) is 26.6. The van der Waals surface area contributed by atoms with Gasteiger partial charge in [-0.1, -0.05) is 322 Å². The fourth-order valence-electron chi connectivity index (χ4n) is 21.9. The van der Waals surface area contributed by atoms with Crippen LogP contribution in [0.3, 0.4) is 0 Å². The highest BCUT2D eigenvalue weighted by Gasteiger charge is 2.28. The van der Waals surface area contributed by atoms with Gasteiger partial charge in [-0.05, 0) is 253 Å². The molecule has 146 heavy (non-hydrogen) atoms. The lowest BCUT2D eigenvalue weighted by Crippen LogP contribution is -2.05. The van der Waals surface area contributed by atoms with E-state index >= 15 is 0 Å². The van der Waals surface area contributed by atoms with E-state index in [1.807, 2.05) is 48.5 Å². The first-order chi connectivity index (χ1) is 72.3. The van der Waals surface area contributed by atoms with Crippen molar-refractivity contribution in [1.29, 1.82) is 0 Å². The van der Waals surface area contributed by atoms with Gasteiger partial charge in [-0.2, -0.15) is 0 Å². The van der Waals surface area contributed by atoms with Crippen LogP contribution in [0.5, 0.6) is 0 Å². The van der Waals surface area contributed by atoms with Crippen molar-refractivity contribution in [1.82, 2.24) is 63.5 Å². The lowest BCUT2D eigenvalue weighted by atomic mass is 9.96. The summed E-state index contributed by atoms with van der Waals surface area (Å²) in [6.45, 7) is 0. The minimum Gasteiger partial charge on any atom is -0.456 e. The first kappa shape index (κ1) is 83.0. The first-order valence-electron chi connectivity index (χ1n) is 49.0. The molecule has 31 aromatic rings. The zero-order valence-electron chi connectivity index (χ0n) is 78.3. The molecule has 0 spiro atoms. The predicted octanol–water partition coefficient (Wildman–Crippen LogP) is 33.4. The van der Waals surface area contributed by atoms with Crippen LogP contribution in [0, 0.1) is 0 Å². The molecule has 0 radical (unpaired) electrons. The maximum absolute atomic E-state index is 6.19. The molecule has 0 aliphatic heterocycles. The Morgan fingerprint density at radius 3 is 1.12 bits per heavy atom. The Hall–Kier alpha value is -20.0. The maximum atomic E-state index is 6.19. The molecule has 678 valence electrons. The number of fused-ring (bicyclic) bond motifs is 22. The largest absolute Gasteiger partial charge is 0.456 e. The second kappa shape index (κ2) is 34.0. The topological polar surface area (TPSA) is 157 Å². The molecule has 0 aliphatic rings. The summed E-state index contributed by atoms with van der Waals surface area (Å²) in [5, 5.41) is 25.9. The summed E-state index contributed by atoms with van der Waals surface area (Å²) in [4.78, 5) is 49.9. The Morgan fingerprint density at radius 2 is 0.527 bits per heavy atom. The molecule has 0 atom stereocenters. The Labute approximate surface area is 834 Å². The van der Waals surface area contributed by atoms with Gasteiger partial charge in [0.2, 0.25) is 0 Å². The van der Waals surface area contributed by atoms with Crippen LogP contribution in [0.2, 0.25) is 0 Å². The number of nitrogens with zero attached hydrogens (tertiary/aromatic N) is 13. The fourth-order valence-corrected chi connectivity index (χ4v) is 21.9. The number of aromatic nitrogens is 13. The van der Waals surface area contributed by atoms with Gasteiger partial charge in [0.1, 0.15) is 39.3 Å². The number of para-hydroxylation sites is 1. The van der Waals surface area contributed by atoms with Crippen LogP contribution in [0.25, 0.3) is 292 Å². The van der Waals surface area contributed by atoms with Crippen molar-refractivity contribution in [2.45, 2.75) is 0 Å². The molecule has 21 aromatic carbocycles. The predicted molar refractivity (Wildman–Crippen MR) is 601 cm³/mol. The van der Waals surface area contributed by atoms with Crippen molar-refractivity contribution in [2.75, 3.05) is 0 Å². The van der Waals surface area contributed by atoms with Gasteiger partial charge in [0, 0.05) is 84.6 Å². The number of rotatable bonds is 10. The average molecular weight is 1860 g/mol. The van der Waals surface area contributed by atoms with Gasteiger partial charge in [0.05, 0.1) is 33.1 Å². The molecule has 0 saturated carbocycles. The molecule has 10 heterocycles. The van der Waals surface area contributed by atoms with E-state index in [-0.39, 0.29) is 0 Å². The van der Waals surface area contributed by atoms with E-state index < -0.39 is 0 Å². The Bertz CT molecular complexity index is 10800. The highest BCUT2D eigenvalue weighted by Crippen LogP contribution is 2.48. The summed E-state index contributed by atoms with van der Waals surface area (Å²) in [5.74, 6) is 2.21. The van der Waals surface area contributed by atoms with Crippen LogP contribution in [0.15, 0.2) is 484 Å². The highest BCUT2D eigenvalue weighted by molar-refractivity contribution is 6.21. The molecular formula is C132H79N13O. The van der Waals surface area contributed by atoms with Crippen LogP contribution in [0.1, 0.15) is 0 Å². The van der Waals surface area contributed by atoms with Gasteiger partial charge in [0.25, 0.3) is 0 Å². The van der Waals surface area contributed by atoms with Crippen molar-refractivity contribution < 1.29 is 4.42 Å². The Balaban J connectivity index is 0.000000104. The molecule has 0 fully saturated rings. The van der Waals surface area contributed by atoms with Crippen molar-refractivity contribution in [2.24, 2.45) is 0 Å². The van der Waals surface area contributed by atoms with E-state index in [9.17, 15) is 0 Å². The first-order valence-corrected chi connectivity index (χ1v) is 49.0. The van der Waals surface area contributed by atoms with Crippen LogP contribution >= 0.6 is 0 Å². The van der Waals surface area contributed by atoms with Crippen LogP contribution in [-0.2, 0) is 0 Å². The smallest absolute Gasteiger partial charge is 0.199 e. The zero-order chi connectivity index (χ0) is 96.0. The van der Waals surface area contributed by atoms with Crippen LogP contribution in [0.4, 0.5) is 0 Å². The van der Waals surface area contributed by atoms with Crippen molar-refractivity contribution in [3.63, 3.8) is 0 Å². The summed E-state index contributed by atoms with van der Waals surface area (Å²) in [7, 11) is 0. The summed E-state index contributed by atoms with van der Waals surface area (Å²) < 4.78 is 13.0. The second-order valence-corrected chi connectivity index (χ2v) is 37.4. The average Bonchev–Trinajstić information content (AvgIpc) is 1.56. The number of furan rings is 1. The Kier molecular flexibility index (Phi) is 19.3. The molecule has 31 rings (SSSR count). The van der Waals surface area contributed by atoms with Gasteiger partial charge in [0.15, 0.2) is 40.0 Å². The van der Waals surface area contributed by atoms with Gasteiger partial charge in [-0.3, -0.25) is 13.7 Å². The quantitative estimate of drug-likeness (QED) is 0.128. The molecule has 14 nitrogen and oxygen atoms in total. The van der Waals surface area contributed by atoms with E-state index in [1.54, 1.807) is 24.8 Å². The van der Waals surface area contributed by atoms with Crippen molar-refractivity contribution >= 4 is 196 Å². The van der Waals surface area contributed by atoms with E-state index in [1.165, 1.54) is 120 Å². The minimum absolute atomic E-state index is 0.508. The maximum Gasteiger partial charge on any atom is 0.199 e. The number of benzene rings is 21. The molecule has 0 saturated heterocycles. The molecule has 0 amide bonds. The molecule has 0 aliphatic carbocycles. The lowest BCUT2D eigenvalue weighted by Gasteiger charge is -2.14. The zero-order valence-corrected chi connectivity index (χ0v) is 78.3. The minimum atomic E-state index is 0.508. The SMILES string of the molecule is c1ccc(-c2ccc3c(c2)c2cc4ccccc4cc2n3-c2nc3ncccc3nc2-c2ccc(-c3cccc4ccccc34)cc2)cc1.c1ccc2cc(-c3ccc4c(c3)c3cc5ccccc5cc3n4-c3nc4ncccc4nc3-c3ccc4oc5ccccc5c4c3)ccc2c1.c1ccc2cc(-c3nc4nccnc4nc3-n3c4cc5ccccc5cc4c4c(-c5ccc6ccccc6c5)cccc43)ccc2c1. The monoisotopic (exact) mass is 1860 g/mol. The van der Waals surface area contributed by atoms with Crippen LogP contribution < -0.4 is 0 Å². The molecule has 0 unspecified atom stereocenters. The number of hydrogen-bond acceptors (Lipinski definition) is 11. The van der Waals surface area contributed by atoms with Gasteiger partial charge in [-0.25, -0.2) is 49.8 Å². The third kappa shape index (κ3) is 14.1. The molecule has 14 heteroatoms. The molecule has 0 N–H and O–H groups in total. The van der Waals surface area contributed by atoms with Crippen molar-refractivity contribution in [3.8, 4) is 95.7 Å². The summed E-state index contributed by atoms with van der Waals surface area (Å²) >= 11 is 0. The fraction of sp³-hybridized carbons (Fsp3) is 0. The van der Waals surface area contributed by atoms with Crippen LogP contribution in [-0.4, -0.2) is 63.5 Å².